The van der Waals surface area contributed by atoms with Crippen molar-refractivity contribution in [2.45, 2.75) is 24.0 Å². The summed E-state index contributed by atoms with van der Waals surface area (Å²) >= 11 is 1.27. The molecule has 130 valence electrons. The molecule has 8 heteroatoms. The van der Waals surface area contributed by atoms with Crippen molar-refractivity contribution in [3.63, 3.8) is 0 Å². The summed E-state index contributed by atoms with van der Waals surface area (Å²) in [5.41, 5.74) is 0. The van der Waals surface area contributed by atoms with Crippen LogP contribution in [0.1, 0.15) is 17.7 Å². The van der Waals surface area contributed by atoms with E-state index in [1.54, 1.807) is 19.2 Å². The van der Waals surface area contributed by atoms with Crippen molar-refractivity contribution in [2.75, 3.05) is 33.7 Å². The number of aliphatic imine (C=N–C) groups is 1. The van der Waals surface area contributed by atoms with Gasteiger partial charge in [-0.2, -0.15) is 0 Å². The Hall–Kier alpha value is -1.38. The first-order valence-electron chi connectivity index (χ1n) is 7.49. The fourth-order valence-corrected chi connectivity index (χ4v) is 4.31. The van der Waals surface area contributed by atoms with Crippen LogP contribution in [0.15, 0.2) is 34.0 Å². The zero-order chi connectivity index (χ0) is 17.3. The average Bonchev–Trinajstić information content (AvgIpc) is 2.95. The summed E-state index contributed by atoms with van der Waals surface area (Å²) in [7, 11) is 0.251. The van der Waals surface area contributed by atoms with Gasteiger partial charge in [-0.25, -0.2) is 13.1 Å². The van der Waals surface area contributed by atoms with Gasteiger partial charge < -0.3 is 10.2 Å². The van der Waals surface area contributed by atoms with E-state index in [1.165, 1.54) is 11.3 Å². The molecule has 0 atom stereocenters. The summed E-state index contributed by atoms with van der Waals surface area (Å²) in [6.07, 6.45) is 3.86. The highest BCUT2D eigenvalue weighted by Gasteiger charge is 2.15. The van der Waals surface area contributed by atoms with Gasteiger partial charge >= 0.3 is 0 Å². The average molecular weight is 359 g/mol. The highest BCUT2D eigenvalue weighted by molar-refractivity contribution is 7.91. The first-order chi connectivity index (χ1) is 10.9. The molecular formula is C15H26N4O2S2. The number of guanidine groups is 1. The lowest BCUT2D eigenvalue weighted by molar-refractivity contribution is 0.470. The number of allylic oxidation sites excluding steroid dienone is 1. The zero-order valence-electron chi connectivity index (χ0n) is 14.0. The maximum atomic E-state index is 12.1. The van der Waals surface area contributed by atoms with Crippen molar-refractivity contribution >= 4 is 27.3 Å². The number of thiophene rings is 1. The van der Waals surface area contributed by atoms with Crippen molar-refractivity contribution in [1.29, 1.82) is 0 Å². The van der Waals surface area contributed by atoms with E-state index in [1.807, 2.05) is 24.9 Å². The van der Waals surface area contributed by atoms with E-state index in [0.717, 1.165) is 30.2 Å². The normalized spacial score (nSPS) is 12.2. The molecule has 0 amide bonds. The molecule has 23 heavy (non-hydrogen) atoms. The Morgan fingerprint density at radius 2 is 2.17 bits per heavy atom. The number of nitrogens with one attached hydrogen (secondary N) is 2. The third-order valence-corrected chi connectivity index (χ3v) is 6.11. The molecule has 1 rings (SSSR count). The number of hydrogen-bond acceptors (Lipinski definition) is 4. The van der Waals surface area contributed by atoms with Crippen molar-refractivity contribution in [3.8, 4) is 0 Å². The molecule has 1 aromatic heterocycles. The molecule has 0 aromatic carbocycles. The topological polar surface area (TPSA) is 73.8 Å². The Morgan fingerprint density at radius 1 is 1.43 bits per heavy atom. The second-order valence-corrected chi connectivity index (χ2v) is 8.37. The van der Waals surface area contributed by atoms with E-state index in [2.05, 4.69) is 21.6 Å². The fourth-order valence-electron chi connectivity index (χ4n) is 1.95. The molecule has 6 nitrogen and oxygen atoms in total. The highest BCUT2D eigenvalue weighted by atomic mass is 32.2. The van der Waals surface area contributed by atoms with Gasteiger partial charge in [-0.3, -0.25) is 4.99 Å². The summed E-state index contributed by atoms with van der Waals surface area (Å²) in [6.45, 7) is 7.24. The third kappa shape index (κ3) is 6.72. The Labute approximate surface area is 143 Å². The largest absolute Gasteiger partial charge is 0.355 e. The number of sulfonamides is 1. The molecule has 2 N–H and O–H groups in total. The van der Waals surface area contributed by atoms with Crippen LogP contribution in [0.3, 0.4) is 0 Å². The standard InChI is InChI=1S/C15H26N4O2S2/c1-5-6-7-12-19(4)15(16-3)17-10-11-18-23(20,21)14-9-8-13(2)22-14/h5,8-9,18H,1,6-7,10-12H2,2-4H3,(H,16,17). The van der Waals surface area contributed by atoms with E-state index >= 15 is 0 Å². The molecule has 0 spiro atoms. The third-order valence-electron chi connectivity index (χ3n) is 3.16. The molecule has 1 aromatic rings. The molecular weight excluding hydrogens is 332 g/mol. The van der Waals surface area contributed by atoms with E-state index in [4.69, 9.17) is 0 Å². The van der Waals surface area contributed by atoms with Crippen LogP contribution >= 0.6 is 11.3 Å². The zero-order valence-corrected chi connectivity index (χ0v) is 15.6. The lowest BCUT2D eigenvalue weighted by Gasteiger charge is -2.21. The number of aryl methyl sites for hydroxylation is 1. The molecule has 0 bridgehead atoms. The summed E-state index contributed by atoms with van der Waals surface area (Å²) in [4.78, 5) is 7.18. The van der Waals surface area contributed by atoms with Gasteiger partial charge in [0, 0.05) is 38.6 Å². The monoisotopic (exact) mass is 358 g/mol. The second kappa shape index (κ2) is 9.69. The van der Waals surface area contributed by atoms with Crippen LogP contribution in [-0.2, 0) is 10.0 Å². The van der Waals surface area contributed by atoms with E-state index < -0.39 is 10.0 Å². The highest BCUT2D eigenvalue weighted by Crippen LogP contribution is 2.19. The predicted octanol–water partition coefficient (Wildman–Crippen LogP) is 1.81. The second-order valence-electron chi connectivity index (χ2n) is 5.09. The van der Waals surface area contributed by atoms with Crippen LogP contribution in [0, 0.1) is 6.92 Å². The van der Waals surface area contributed by atoms with Gasteiger partial charge in [0.15, 0.2) is 5.96 Å². The summed E-state index contributed by atoms with van der Waals surface area (Å²) in [5.74, 6) is 0.750. The molecule has 0 saturated heterocycles. The van der Waals surface area contributed by atoms with Gasteiger partial charge in [-0.15, -0.1) is 17.9 Å². The molecule has 0 saturated carbocycles. The lowest BCUT2D eigenvalue weighted by Crippen LogP contribution is -2.42. The SMILES string of the molecule is C=CCCCN(C)C(=NC)NCCNS(=O)(=O)c1ccc(C)s1. The molecule has 0 aliphatic heterocycles. The van der Waals surface area contributed by atoms with Crippen LogP contribution in [0.2, 0.25) is 0 Å². The first-order valence-corrected chi connectivity index (χ1v) is 9.79. The number of hydrogen-bond donors (Lipinski definition) is 2. The smallest absolute Gasteiger partial charge is 0.250 e. The fraction of sp³-hybridized carbons (Fsp3) is 0.533. The molecule has 0 aliphatic rings. The van der Waals surface area contributed by atoms with Crippen molar-refractivity contribution in [1.82, 2.24) is 14.9 Å². The lowest BCUT2D eigenvalue weighted by atomic mass is 10.3. The van der Waals surface area contributed by atoms with Crippen LogP contribution < -0.4 is 10.0 Å². The maximum absolute atomic E-state index is 12.1. The minimum atomic E-state index is -3.42. The van der Waals surface area contributed by atoms with Crippen molar-refractivity contribution in [3.05, 3.63) is 29.7 Å². The van der Waals surface area contributed by atoms with Crippen molar-refractivity contribution in [2.24, 2.45) is 4.99 Å². The number of rotatable bonds is 9. The predicted molar refractivity (Wildman–Crippen MR) is 97.7 cm³/mol. The molecule has 0 aliphatic carbocycles. The van der Waals surface area contributed by atoms with Crippen LogP contribution in [0.25, 0.3) is 0 Å². The summed E-state index contributed by atoms with van der Waals surface area (Å²) in [5, 5.41) is 3.15. The van der Waals surface area contributed by atoms with Gasteiger partial charge in [0.25, 0.3) is 0 Å². The van der Waals surface area contributed by atoms with Gasteiger partial charge in [0.05, 0.1) is 0 Å². The number of nitrogens with zero attached hydrogens (tertiary/aromatic N) is 2. The molecule has 1 heterocycles. The van der Waals surface area contributed by atoms with Crippen LogP contribution in [0.5, 0.6) is 0 Å². The minimum absolute atomic E-state index is 0.304. The van der Waals surface area contributed by atoms with E-state index in [-0.39, 0.29) is 0 Å². The van der Waals surface area contributed by atoms with E-state index in [0.29, 0.717) is 17.3 Å². The van der Waals surface area contributed by atoms with Crippen LogP contribution in [-0.4, -0.2) is 53.0 Å². The van der Waals surface area contributed by atoms with Gasteiger partial charge in [0.2, 0.25) is 10.0 Å². The number of unbranched alkanes of at least 4 members (excludes halogenated alkanes) is 1. The van der Waals surface area contributed by atoms with Gasteiger partial charge in [0.1, 0.15) is 4.21 Å². The Kier molecular flexibility index (Phi) is 8.29. The Morgan fingerprint density at radius 3 is 2.74 bits per heavy atom. The van der Waals surface area contributed by atoms with Gasteiger partial charge in [-0.05, 0) is 31.9 Å². The van der Waals surface area contributed by atoms with E-state index in [9.17, 15) is 8.42 Å². The van der Waals surface area contributed by atoms with Crippen molar-refractivity contribution < 1.29 is 8.42 Å². The molecule has 0 unspecified atom stereocenters. The Bertz CT molecular complexity index is 623. The minimum Gasteiger partial charge on any atom is -0.355 e. The van der Waals surface area contributed by atoms with Gasteiger partial charge in [-0.1, -0.05) is 6.08 Å². The summed E-state index contributed by atoms with van der Waals surface area (Å²) < 4.78 is 27.1. The first kappa shape index (κ1) is 19.7. The molecule has 0 radical (unpaired) electrons. The van der Waals surface area contributed by atoms with Crippen LogP contribution in [0.4, 0.5) is 0 Å². The molecule has 0 fully saturated rings. The quantitative estimate of drug-likeness (QED) is 0.306. The maximum Gasteiger partial charge on any atom is 0.250 e. The summed E-state index contributed by atoms with van der Waals surface area (Å²) in [6, 6.07) is 3.43. The Balaban J connectivity index is 2.39.